The maximum absolute atomic E-state index is 11.1. The van der Waals surface area contributed by atoms with Crippen LogP contribution in [0.4, 0.5) is 5.69 Å². The molecule has 0 spiro atoms. The maximum Gasteiger partial charge on any atom is 0.314 e. The second kappa shape index (κ2) is 3.45. The molecule has 0 heterocycles. The van der Waals surface area contributed by atoms with Crippen molar-refractivity contribution in [3.05, 3.63) is 38.9 Å². The zero-order chi connectivity index (χ0) is 11.9. The van der Waals surface area contributed by atoms with Crippen LogP contribution >= 0.6 is 11.6 Å². The minimum Gasteiger partial charge on any atom is -0.481 e. The number of nitro groups is 1. The van der Waals surface area contributed by atoms with Gasteiger partial charge >= 0.3 is 5.97 Å². The second-order valence-electron chi connectivity index (χ2n) is 3.81. The van der Waals surface area contributed by atoms with Crippen LogP contribution in [-0.2, 0) is 10.2 Å². The molecule has 6 heteroatoms. The van der Waals surface area contributed by atoms with Gasteiger partial charge in [0.15, 0.2) is 0 Å². The Bertz CT molecular complexity index is 482. The number of hydrogen-bond donors (Lipinski definition) is 1. The Kier molecular flexibility index (Phi) is 2.35. The van der Waals surface area contributed by atoms with Crippen LogP contribution in [0.3, 0.4) is 0 Å². The van der Waals surface area contributed by atoms with Crippen molar-refractivity contribution in [2.24, 2.45) is 0 Å². The Hall–Kier alpha value is -1.62. The fraction of sp³-hybridized carbons (Fsp3) is 0.300. The van der Waals surface area contributed by atoms with Gasteiger partial charge in [-0.1, -0.05) is 11.6 Å². The summed E-state index contributed by atoms with van der Waals surface area (Å²) in [5.74, 6) is -0.977. The van der Waals surface area contributed by atoms with Gasteiger partial charge in [0.25, 0.3) is 5.69 Å². The molecule has 1 aromatic carbocycles. The third-order valence-corrected chi connectivity index (χ3v) is 3.17. The van der Waals surface area contributed by atoms with Crippen molar-refractivity contribution in [1.82, 2.24) is 0 Å². The van der Waals surface area contributed by atoms with Gasteiger partial charge in [-0.3, -0.25) is 14.9 Å². The zero-order valence-corrected chi connectivity index (χ0v) is 8.90. The van der Waals surface area contributed by atoms with Crippen LogP contribution < -0.4 is 0 Å². The lowest BCUT2D eigenvalue weighted by atomic mass is 9.95. The van der Waals surface area contributed by atoms with E-state index in [1.54, 1.807) is 0 Å². The highest BCUT2D eigenvalue weighted by molar-refractivity contribution is 6.32. The first kappa shape index (κ1) is 10.9. The van der Waals surface area contributed by atoms with Crippen LogP contribution in [0, 0.1) is 10.1 Å². The van der Waals surface area contributed by atoms with Crippen molar-refractivity contribution < 1.29 is 14.8 Å². The first-order valence-electron chi connectivity index (χ1n) is 4.65. The standard InChI is InChI=1S/C10H8ClNO4/c11-8-2-1-6(12(15)16)5-7(8)10(3-4-10)9(13)14/h1-2,5H,3-4H2,(H,13,14). The normalized spacial score (nSPS) is 16.8. The molecule has 0 bridgehead atoms. The average Bonchev–Trinajstić information content (AvgIpc) is 2.98. The summed E-state index contributed by atoms with van der Waals surface area (Å²) in [4.78, 5) is 21.1. The summed E-state index contributed by atoms with van der Waals surface area (Å²) in [6.45, 7) is 0. The number of carbonyl (C=O) groups is 1. The van der Waals surface area contributed by atoms with Gasteiger partial charge in [-0.2, -0.15) is 0 Å². The van der Waals surface area contributed by atoms with Crippen LogP contribution in [0.1, 0.15) is 18.4 Å². The van der Waals surface area contributed by atoms with Crippen molar-refractivity contribution in [3.63, 3.8) is 0 Å². The Balaban J connectivity index is 2.52. The van der Waals surface area contributed by atoms with Gasteiger partial charge in [0, 0.05) is 17.2 Å². The van der Waals surface area contributed by atoms with E-state index in [-0.39, 0.29) is 10.7 Å². The van der Waals surface area contributed by atoms with Crippen LogP contribution in [0.2, 0.25) is 5.02 Å². The molecule has 1 aromatic rings. The van der Waals surface area contributed by atoms with Gasteiger partial charge in [0.05, 0.1) is 10.3 Å². The number of carboxylic acids is 1. The smallest absolute Gasteiger partial charge is 0.314 e. The molecule has 0 amide bonds. The number of aliphatic carboxylic acids is 1. The SMILES string of the molecule is O=C(O)C1(c2cc([N+](=O)[O-])ccc2Cl)CC1. The second-order valence-corrected chi connectivity index (χ2v) is 4.22. The predicted octanol–water partition coefficient (Wildman–Crippen LogP) is 2.36. The summed E-state index contributed by atoms with van der Waals surface area (Å²) in [7, 11) is 0. The molecule has 1 aliphatic carbocycles. The van der Waals surface area contributed by atoms with Crippen LogP contribution in [0.25, 0.3) is 0 Å². The molecular weight excluding hydrogens is 234 g/mol. The molecule has 1 N–H and O–H groups in total. The number of non-ortho nitro benzene ring substituents is 1. The maximum atomic E-state index is 11.1. The molecular formula is C10H8ClNO4. The average molecular weight is 242 g/mol. The Labute approximate surface area is 95.8 Å². The van der Waals surface area contributed by atoms with Crippen LogP contribution in [0.15, 0.2) is 18.2 Å². The molecule has 0 aromatic heterocycles. The summed E-state index contributed by atoms with van der Waals surface area (Å²) < 4.78 is 0. The molecule has 1 fully saturated rings. The van der Waals surface area contributed by atoms with Gasteiger partial charge in [-0.15, -0.1) is 0 Å². The highest BCUT2D eigenvalue weighted by Crippen LogP contribution is 2.51. The molecule has 16 heavy (non-hydrogen) atoms. The quantitative estimate of drug-likeness (QED) is 0.651. The van der Waals surface area contributed by atoms with Crippen LogP contribution in [-0.4, -0.2) is 16.0 Å². The lowest BCUT2D eigenvalue weighted by Crippen LogP contribution is -2.20. The first-order chi connectivity index (χ1) is 7.47. The highest BCUT2D eigenvalue weighted by atomic mass is 35.5. The van der Waals surface area contributed by atoms with E-state index in [1.165, 1.54) is 18.2 Å². The van der Waals surface area contributed by atoms with Crippen molar-refractivity contribution in [2.75, 3.05) is 0 Å². The molecule has 0 radical (unpaired) electrons. The van der Waals surface area contributed by atoms with E-state index in [1.807, 2.05) is 0 Å². The molecule has 0 unspecified atom stereocenters. The highest BCUT2D eigenvalue weighted by Gasteiger charge is 2.53. The number of hydrogen-bond acceptors (Lipinski definition) is 3. The van der Waals surface area contributed by atoms with Crippen molar-refractivity contribution in [3.8, 4) is 0 Å². The van der Waals surface area contributed by atoms with Crippen molar-refractivity contribution in [2.45, 2.75) is 18.3 Å². The topological polar surface area (TPSA) is 80.4 Å². The van der Waals surface area contributed by atoms with E-state index in [2.05, 4.69) is 0 Å². The summed E-state index contributed by atoms with van der Waals surface area (Å²) in [5.41, 5.74) is -0.800. The lowest BCUT2D eigenvalue weighted by Gasteiger charge is -2.11. The van der Waals surface area contributed by atoms with Crippen LogP contribution in [0.5, 0.6) is 0 Å². The number of benzene rings is 1. The molecule has 0 atom stereocenters. The molecule has 1 aliphatic rings. The summed E-state index contributed by atoms with van der Waals surface area (Å²) in [6.07, 6.45) is 0.951. The zero-order valence-electron chi connectivity index (χ0n) is 8.14. The molecule has 84 valence electrons. The number of nitro benzene ring substituents is 1. The third-order valence-electron chi connectivity index (χ3n) is 2.84. The minimum absolute atomic E-state index is 0.132. The monoisotopic (exact) mass is 241 g/mol. The Morgan fingerprint density at radius 3 is 2.56 bits per heavy atom. The van der Waals surface area contributed by atoms with Gasteiger partial charge in [0.2, 0.25) is 0 Å². The summed E-state index contributed by atoms with van der Waals surface area (Å²) in [6, 6.07) is 3.89. The lowest BCUT2D eigenvalue weighted by molar-refractivity contribution is -0.384. The summed E-state index contributed by atoms with van der Waals surface area (Å²) in [5, 5.41) is 19.9. The van der Waals surface area contributed by atoms with Crippen molar-refractivity contribution >= 4 is 23.3 Å². The summed E-state index contributed by atoms with van der Waals surface area (Å²) >= 11 is 5.88. The van der Waals surface area contributed by atoms with E-state index in [0.717, 1.165) is 0 Å². The van der Waals surface area contributed by atoms with Gasteiger partial charge in [0.1, 0.15) is 0 Å². The molecule has 0 saturated heterocycles. The van der Waals surface area contributed by atoms with E-state index in [9.17, 15) is 14.9 Å². The van der Waals surface area contributed by atoms with E-state index in [4.69, 9.17) is 16.7 Å². The van der Waals surface area contributed by atoms with E-state index < -0.39 is 16.3 Å². The molecule has 0 aliphatic heterocycles. The Morgan fingerprint density at radius 2 is 2.12 bits per heavy atom. The first-order valence-corrected chi connectivity index (χ1v) is 5.03. The number of halogens is 1. The third kappa shape index (κ3) is 1.53. The fourth-order valence-electron chi connectivity index (χ4n) is 1.72. The number of rotatable bonds is 3. The minimum atomic E-state index is -1.01. The molecule has 2 rings (SSSR count). The molecule has 5 nitrogen and oxygen atoms in total. The number of carboxylic acid groups (broad SMARTS) is 1. The predicted molar refractivity (Wildman–Crippen MR) is 56.7 cm³/mol. The van der Waals surface area contributed by atoms with Gasteiger partial charge in [-0.25, -0.2) is 0 Å². The van der Waals surface area contributed by atoms with E-state index >= 15 is 0 Å². The van der Waals surface area contributed by atoms with Crippen molar-refractivity contribution in [1.29, 1.82) is 0 Å². The van der Waals surface area contributed by atoms with Gasteiger partial charge in [-0.05, 0) is 24.5 Å². The van der Waals surface area contributed by atoms with E-state index in [0.29, 0.717) is 18.4 Å². The van der Waals surface area contributed by atoms with Gasteiger partial charge < -0.3 is 5.11 Å². The molecule has 1 saturated carbocycles. The number of nitrogens with zero attached hydrogens (tertiary/aromatic N) is 1. The largest absolute Gasteiger partial charge is 0.481 e. The fourth-order valence-corrected chi connectivity index (χ4v) is 2.02. The Morgan fingerprint density at radius 1 is 1.50 bits per heavy atom.